The molecule has 0 fully saturated rings. The molecule has 2 aromatic rings. The van der Waals surface area contributed by atoms with Gasteiger partial charge in [0.25, 0.3) is 5.91 Å². The Balaban J connectivity index is 2.00. The first kappa shape index (κ1) is 16.3. The number of hydrogen-bond donors (Lipinski definition) is 2. The van der Waals surface area contributed by atoms with Crippen molar-refractivity contribution < 1.29 is 9.53 Å². The summed E-state index contributed by atoms with van der Waals surface area (Å²) in [4.78, 5) is 12.2. The molecule has 0 saturated heterocycles. The van der Waals surface area contributed by atoms with Gasteiger partial charge >= 0.3 is 0 Å². The standard InChI is InChI=1S/C16H15ClN2O2S/c1-10-8-11(17)6-7-14(10)21-9-15(20)19-13-5-3-2-4-12(13)16(18)22/h2-8H,9H2,1H3,(H2,18,22)(H,19,20). The molecule has 6 heteroatoms. The van der Waals surface area contributed by atoms with Crippen LogP contribution in [0.4, 0.5) is 5.69 Å². The van der Waals surface area contributed by atoms with E-state index in [1.165, 1.54) is 0 Å². The second-order valence-corrected chi connectivity index (χ2v) is 5.53. The third kappa shape index (κ3) is 4.19. The van der Waals surface area contributed by atoms with E-state index in [1.54, 1.807) is 42.5 Å². The van der Waals surface area contributed by atoms with Crippen LogP contribution >= 0.6 is 23.8 Å². The summed E-state index contributed by atoms with van der Waals surface area (Å²) in [5.74, 6) is 0.320. The summed E-state index contributed by atoms with van der Waals surface area (Å²) < 4.78 is 5.49. The Morgan fingerprint density at radius 2 is 2.05 bits per heavy atom. The fourth-order valence-corrected chi connectivity index (χ4v) is 2.32. The van der Waals surface area contributed by atoms with Crippen LogP contribution in [0.1, 0.15) is 11.1 Å². The molecule has 0 atom stereocenters. The lowest BCUT2D eigenvalue weighted by atomic mass is 10.2. The maximum absolute atomic E-state index is 12.0. The molecule has 0 aliphatic carbocycles. The molecule has 4 nitrogen and oxygen atoms in total. The molecule has 22 heavy (non-hydrogen) atoms. The van der Waals surface area contributed by atoms with E-state index in [0.717, 1.165) is 5.56 Å². The Bertz CT molecular complexity index is 719. The first-order chi connectivity index (χ1) is 10.5. The summed E-state index contributed by atoms with van der Waals surface area (Å²) in [5, 5.41) is 3.36. The maximum Gasteiger partial charge on any atom is 0.262 e. The number of anilines is 1. The monoisotopic (exact) mass is 334 g/mol. The van der Waals surface area contributed by atoms with Crippen LogP contribution in [0.2, 0.25) is 5.02 Å². The number of carbonyl (C=O) groups excluding carboxylic acids is 1. The Hall–Kier alpha value is -2.11. The Kier molecular flexibility index (Phi) is 5.35. The van der Waals surface area contributed by atoms with Gasteiger partial charge in [0.1, 0.15) is 10.7 Å². The Morgan fingerprint density at radius 1 is 1.32 bits per heavy atom. The molecule has 1 amide bonds. The number of halogens is 1. The SMILES string of the molecule is Cc1cc(Cl)ccc1OCC(=O)Nc1ccccc1C(N)=S. The number of benzene rings is 2. The van der Waals surface area contributed by atoms with Gasteiger partial charge < -0.3 is 15.8 Å². The number of nitrogens with two attached hydrogens (primary N) is 1. The molecule has 2 aromatic carbocycles. The van der Waals surface area contributed by atoms with Crippen LogP contribution in [0.15, 0.2) is 42.5 Å². The number of hydrogen-bond acceptors (Lipinski definition) is 3. The fraction of sp³-hybridized carbons (Fsp3) is 0.125. The minimum atomic E-state index is -0.293. The first-order valence-electron chi connectivity index (χ1n) is 6.55. The van der Waals surface area contributed by atoms with E-state index in [2.05, 4.69) is 5.32 Å². The third-order valence-electron chi connectivity index (χ3n) is 2.96. The molecule has 0 aromatic heterocycles. The highest BCUT2D eigenvalue weighted by atomic mass is 35.5. The second kappa shape index (κ2) is 7.24. The molecule has 0 bridgehead atoms. The summed E-state index contributed by atoms with van der Waals surface area (Å²) in [6.45, 7) is 1.75. The lowest BCUT2D eigenvalue weighted by molar-refractivity contribution is -0.118. The van der Waals surface area contributed by atoms with Crippen molar-refractivity contribution in [2.75, 3.05) is 11.9 Å². The highest BCUT2D eigenvalue weighted by molar-refractivity contribution is 7.80. The molecule has 0 unspecified atom stereocenters. The summed E-state index contributed by atoms with van der Waals surface area (Å²) in [6, 6.07) is 12.3. The number of amides is 1. The number of thiocarbonyl (C=S) groups is 1. The van der Waals surface area contributed by atoms with Crippen molar-refractivity contribution in [3.63, 3.8) is 0 Å². The van der Waals surface area contributed by atoms with Gasteiger partial charge in [0, 0.05) is 10.6 Å². The molecular formula is C16H15ClN2O2S. The number of aryl methyl sites for hydroxylation is 1. The highest BCUT2D eigenvalue weighted by Crippen LogP contribution is 2.22. The van der Waals surface area contributed by atoms with Crippen molar-refractivity contribution in [1.82, 2.24) is 0 Å². The van der Waals surface area contributed by atoms with Crippen LogP contribution in [-0.4, -0.2) is 17.5 Å². The Morgan fingerprint density at radius 3 is 2.73 bits per heavy atom. The van der Waals surface area contributed by atoms with E-state index in [1.807, 2.05) is 6.92 Å². The average Bonchev–Trinajstić information content (AvgIpc) is 2.46. The van der Waals surface area contributed by atoms with Gasteiger partial charge in [-0.05, 0) is 42.8 Å². The molecule has 3 N–H and O–H groups in total. The van der Waals surface area contributed by atoms with Crippen LogP contribution in [0.25, 0.3) is 0 Å². The predicted octanol–water partition coefficient (Wildman–Crippen LogP) is 3.30. The van der Waals surface area contributed by atoms with E-state index < -0.39 is 0 Å². The van der Waals surface area contributed by atoms with Crippen molar-refractivity contribution in [1.29, 1.82) is 0 Å². The van der Waals surface area contributed by atoms with E-state index >= 15 is 0 Å². The number of rotatable bonds is 5. The van der Waals surface area contributed by atoms with Crippen LogP contribution in [0, 0.1) is 6.92 Å². The minimum Gasteiger partial charge on any atom is -0.483 e. The summed E-state index contributed by atoms with van der Waals surface area (Å²) in [5.41, 5.74) is 7.68. The summed E-state index contributed by atoms with van der Waals surface area (Å²) in [6.07, 6.45) is 0. The van der Waals surface area contributed by atoms with Gasteiger partial charge in [-0.1, -0.05) is 36.0 Å². The molecule has 0 aliphatic heterocycles. The lowest BCUT2D eigenvalue weighted by Gasteiger charge is -2.12. The van der Waals surface area contributed by atoms with Crippen molar-refractivity contribution in [2.24, 2.45) is 5.73 Å². The third-order valence-corrected chi connectivity index (χ3v) is 3.42. The van der Waals surface area contributed by atoms with Crippen LogP contribution in [-0.2, 0) is 4.79 Å². The quantitative estimate of drug-likeness (QED) is 0.823. The highest BCUT2D eigenvalue weighted by Gasteiger charge is 2.09. The van der Waals surface area contributed by atoms with Crippen LogP contribution in [0.5, 0.6) is 5.75 Å². The molecule has 0 radical (unpaired) electrons. The summed E-state index contributed by atoms with van der Waals surface area (Å²) >= 11 is 10.8. The fourth-order valence-electron chi connectivity index (χ4n) is 1.91. The predicted molar refractivity (Wildman–Crippen MR) is 92.6 cm³/mol. The lowest BCUT2D eigenvalue weighted by Crippen LogP contribution is -2.22. The number of ether oxygens (including phenoxy) is 1. The summed E-state index contributed by atoms with van der Waals surface area (Å²) in [7, 11) is 0. The smallest absolute Gasteiger partial charge is 0.262 e. The van der Waals surface area contributed by atoms with Crippen molar-refractivity contribution in [3.8, 4) is 5.75 Å². The molecule has 0 saturated carbocycles. The zero-order valence-corrected chi connectivity index (χ0v) is 13.5. The molecule has 0 spiro atoms. The number of para-hydroxylation sites is 1. The van der Waals surface area contributed by atoms with E-state index in [4.69, 9.17) is 34.3 Å². The van der Waals surface area contributed by atoms with E-state index in [9.17, 15) is 4.79 Å². The first-order valence-corrected chi connectivity index (χ1v) is 7.33. The normalized spacial score (nSPS) is 10.1. The molecule has 0 aliphatic rings. The maximum atomic E-state index is 12.0. The van der Waals surface area contributed by atoms with Crippen LogP contribution in [0.3, 0.4) is 0 Å². The zero-order valence-electron chi connectivity index (χ0n) is 11.9. The van der Waals surface area contributed by atoms with Crippen molar-refractivity contribution in [3.05, 3.63) is 58.6 Å². The molecular weight excluding hydrogens is 320 g/mol. The van der Waals surface area contributed by atoms with Crippen molar-refractivity contribution in [2.45, 2.75) is 6.92 Å². The van der Waals surface area contributed by atoms with Gasteiger partial charge in [-0.25, -0.2) is 0 Å². The van der Waals surface area contributed by atoms with Gasteiger partial charge in [-0.2, -0.15) is 0 Å². The molecule has 114 valence electrons. The number of nitrogens with one attached hydrogen (secondary N) is 1. The molecule has 2 rings (SSSR count). The van der Waals surface area contributed by atoms with E-state index in [0.29, 0.717) is 22.0 Å². The molecule has 0 heterocycles. The average molecular weight is 335 g/mol. The second-order valence-electron chi connectivity index (χ2n) is 4.66. The largest absolute Gasteiger partial charge is 0.483 e. The van der Waals surface area contributed by atoms with E-state index in [-0.39, 0.29) is 17.5 Å². The zero-order chi connectivity index (χ0) is 16.1. The van der Waals surface area contributed by atoms with Gasteiger partial charge in [0.2, 0.25) is 0 Å². The van der Waals surface area contributed by atoms with Crippen molar-refractivity contribution >= 4 is 40.4 Å². The van der Waals surface area contributed by atoms with Gasteiger partial charge in [-0.3, -0.25) is 4.79 Å². The number of carbonyl (C=O) groups is 1. The minimum absolute atomic E-state index is 0.117. The van der Waals surface area contributed by atoms with Crippen LogP contribution < -0.4 is 15.8 Å². The van der Waals surface area contributed by atoms with Gasteiger partial charge in [0.15, 0.2) is 6.61 Å². The van der Waals surface area contributed by atoms with Gasteiger partial charge in [0.05, 0.1) is 5.69 Å². The topological polar surface area (TPSA) is 64.3 Å². The van der Waals surface area contributed by atoms with Gasteiger partial charge in [-0.15, -0.1) is 0 Å². The Labute approximate surface area is 139 Å².